The van der Waals surface area contributed by atoms with Crippen molar-refractivity contribution in [2.24, 2.45) is 5.92 Å². The van der Waals surface area contributed by atoms with Gasteiger partial charge in [0, 0.05) is 6.42 Å². The van der Waals surface area contributed by atoms with Gasteiger partial charge in [-0.1, -0.05) is 13.8 Å². The van der Waals surface area contributed by atoms with Crippen LogP contribution in [0.3, 0.4) is 0 Å². The van der Waals surface area contributed by atoms with Gasteiger partial charge in [-0.25, -0.2) is 14.4 Å². The quantitative estimate of drug-likeness (QED) is 0.261. The summed E-state index contributed by atoms with van der Waals surface area (Å²) in [4.78, 5) is 49.4. The van der Waals surface area contributed by atoms with Crippen LogP contribution >= 0.6 is 0 Å². The Balaban J connectivity index is 5.81. The Morgan fingerprint density at radius 2 is 1.39 bits per heavy atom. The molecule has 0 bridgehead atoms. The number of amides is 2. The average Bonchev–Trinajstić information content (AvgIpc) is 2.48. The Hall–Kier alpha value is -2.12. The van der Waals surface area contributed by atoms with Crippen molar-refractivity contribution in [1.29, 1.82) is 0 Å². The van der Waals surface area contributed by atoms with Crippen LogP contribution in [0.5, 0.6) is 0 Å². The summed E-state index contributed by atoms with van der Waals surface area (Å²) in [5.74, 6) is -0.660. The summed E-state index contributed by atoms with van der Waals surface area (Å²) in [6.07, 6.45) is -0.744. The molecule has 0 aliphatic rings. The number of aldehydes is 1. The Kier molecular flexibility index (Phi) is 10.2. The van der Waals surface area contributed by atoms with Crippen molar-refractivity contribution in [1.82, 2.24) is 4.90 Å². The van der Waals surface area contributed by atoms with E-state index in [9.17, 15) is 19.2 Å². The van der Waals surface area contributed by atoms with Crippen molar-refractivity contribution in [3.05, 3.63) is 0 Å². The maximum atomic E-state index is 12.7. The minimum Gasteiger partial charge on any atom is -0.464 e. The second-order valence-electron chi connectivity index (χ2n) is 8.97. The molecule has 0 aliphatic carbocycles. The topological polar surface area (TPSA) is 99.2 Å². The summed E-state index contributed by atoms with van der Waals surface area (Å²) in [6.45, 7) is 13.8. The van der Waals surface area contributed by atoms with Gasteiger partial charge in [-0.3, -0.25) is 0 Å². The zero-order valence-corrected chi connectivity index (χ0v) is 18.4. The Morgan fingerprint density at radius 1 is 0.929 bits per heavy atom. The molecule has 0 aromatic carbocycles. The summed E-state index contributed by atoms with van der Waals surface area (Å²) in [6, 6.07) is -1.25. The van der Waals surface area contributed by atoms with E-state index in [-0.39, 0.29) is 25.4 Å². The van der Waals surface area contributed by atoms with Crippen molar-refractivity contribution < 1.29 is 33.4 Å². The van der Waals surface area contributed by atoms with Crippen molar-refractivity contribution in [2.75, 3.05) is 6.61 Å². The number of hydrogen-bond donors (Lipinski definition) is 0. The zero-order valence-electron chi connectivity index (χ0n) is 18.4. The number of nitrogens with zero attached hydrogens (tertiary/aromatic N) is 1. The third-order valence-corrected chi connectivity index (χ3v) is 3.12. The molecular formula is C20H35NO7. The summed E-state index contributed by atoms with van der Waals surface area (Å²) in [7, 11) is 0. The smallest absolute Gasteiger partial charge is 0.420 e. The number of imide groups is 1. The lowest BCUT2D eigenvalue weighted by Gasteiger charge is -2.32. The molecule has 8 heteroatoms. The van der Waals surface area contributed by atoms with Crippen LogP contribution in [0, 0.1) is 5.92 Å². The molecule has 0 N–H and O–H groups in total. The van der Waals surface area contributed by atoms with E-state index in [1.54, 1.807) is 41.5 Å². The number of rotatable bonds is 8. The van der Waals surface area contributed by atoms with Gasteiger partial charge in [0.05, 0.1) is 6.61 Å². The van der Waals surface area contributed by atoms with Crippen molar-refractivity contribution in [3.8, 4) is 0 Å². The number of unbranched alkanes of at least 4 members (excludes halogenated alkanes) is 1. The zero-order chi connectivity index (χ0) is 22.1. The van der Waals surface area contributed by atoms with Crippen LogP contribution in [-0.2, 0) is 23.8 Å². The second-order valence-corrected chi connectivity index (χ2v) is 8.97. The highest BCUT2D eigenvalue weighted by molar-refractivity contribution is 5.94. The highest BCUT2D eigenvalue weighted by Gasteiger charge is 2.40. The molecule has 0 saturated carbocycles. The van der Waals surface area contributed by atoms with Gasteiger partial charge < -0.3 is 19.0 Å². The normalized spacial score (nSPS) is 12.9. The van der Waals surface area contributed by atoms with Crippen LogP contribution in [-0.4, -0.2) is 53.2 Å². The van der Waals surface area contributed by atoms with E-state index in [0.29, 0.717) is 17.6 Å². The molecule has 0 unspecified atom stereocenters. The number of esters is 1. The van der Waals surface area contributed by atoms with Crippen LogP contribution in [0.25, 0.3) is 0 Å². The van der Waals surface area contributed by atoms with Gasteiger partial charge in [-0.15, -0.1) is 0 Å². The second kappa shape index (κ2) is 11.0. The van der Waals surface area contributed by atoms with Gasteiger partial charge in [-0.2, -0.15) is 4.90 Å². The molecule has 0 aromatic heterocycles. The van der Waals surface area contributed by atoms with Crippen LogP contribution in [0.1, 0.15) is 74.7 Å². The van der Waals surface area contributed by atoms with Crippen LogP contribution in [0.4, 0.5) is 9.59 Å². The highest BCUT2D eigenvalue weighted by Crippen LogP contribution is 2.20. The molecule has 2 amide bonds. The molecule has 0 aliphatic heterocycles. The minimum absolute atomic E-state index is 0.0636. The Morgan fingerprint density at radius 3 is 1.75 bits per heavy atom. The maximum absolute atomic E-state index is 12.7. The van der Waals surface area contributed by atoms with Crippen molar-refractivity contribution in [3.63, 3.8) is 0 Å². The summed E-state index contributed by atoms with van der Waals surface area (Å²) < 4.78 is 15.9. The number of ether oxygens (including phenoxy) is 3. The molecule has 0 aromatic rings. The van der Waals surface area contributed by atoms with E-state index >= 15 is 0 Å². The Bertz CT molecular complexity index is 516. The fourth-order valence-electron chi connectivity index (χ4n) is 2.04. The first-order valence-electron chi connectivity index (χ1n) is 9.53. The first kappa shape index (κ1) is 25.9. The van der Waals surface area contributed by atoms with Crippen LogP contribution in [0.2, 0.25) is 0 Å². The fraction of sp³-hybridized carbons (Fsp3) is 0.800. The van der Waals surface area contributed by atoms with Gasteiger partial charge in [-0.05, 0) is 60.3 Å². The lowest BCUT2D eigenvalue weighted by molar-refractivity contribution is -0.151. The number of carbonyl (C=O) groups excluding carboxylic acids is 4. The van der Waals surface area contributed by atoms with Crippen LogP contribution < -0.4 is 0 Å². The molecule has 0 saturated heterocycles. The fourth-order valence-corrected chi connectivity index (χ4v) is 2.04. The Labute approximate surface area is 167 Å². The van der Waals surface area contributed by atoms with Gasteiger partial charge in [0.1, 0.15) is 23.5 Å². The monoisotopic (exact) mass is 401 g/mol. The molecule has 0 spiro atoms. The predicted octanol–water partition coefficient (Wildman–Crippen LogP) is 4.10. The van der Waals surface area contributed by atoms with Gasteiger partial charge in [0.25, 0.3) is 0 Å². The minimum atomic E-state index is -1.25. The molecule has 8 nitrogen and oxygen atoms in total. The van der Waals surface area contributed by atoms with E-state index < -0.39 is 35.4 Å². The average molecular weight is 402 g/mol. The first-order chi connectivity index (χ1) is 12.7. The third kappa shape index (κ3) is 10.9. The number of hydrogen-bond acceptors (Lipinski definition) is 7. The first-order valence-corrected chi connectivity index (χ1v) is 9.53. The highest BCUT2D eigenvalue weighted by atomic mass is 16.6. The molecule has 0 fully saturated rings. The molecule has 0 heterocycles. The lowest BCUT2D eigenvalue weighted by atomic mass is 10.1. The van der Waals surface area contributed by atoms with E-state index in [0.717, 1.165) is 0 Å². The van der Waals surface area contributed by atoms with Gasteiger partial charge >= 0.3 is 18.2 Å². The predicted molar refractivity (Wildman–Crippen MR) is 104 cm³/mol. The molecular weight excluding hydrogens is 366 g/mol. The van der Waals surface area contributed by atoms with E-state index in [1.807, 2.05) is 13.8 Å². The van der Waals surface area contributed by atoms with Crippen molar-refractivity contribution >= 4 is 24.4 Å². The standard InChI is InChI=1S/C20H35NO7/c1-14(2)13-26-16(23)15(11-9-10-12-22)21(17(24)27-19(3,4)5)18(25)28-20(6,7)8/h12,14-15H,9-11,13H2,1-8H3/t15-/m0/s1. The summed E-state index contributed by atoms with van der Waals surface area (Å²) in [5.41, 5.74) is -1.76. The summed E-state index contributed by atoms with van der Waals surface area (Å²) in [5, 5.41) is 0. The summed E-state index contributed by atoms with van der Waals surface area (Å²) >= 11 is 0. The van der Waals surface area contributed by atoms with E-state index in [1.165, 1.54) is 0 Å². The van der Waals surface area contributed by atoms with Gasteiger partial charge in [0.2, 0.25) is 0 Å². The molecule has 1 atom stereocenters. The third-order valence-electron chi connectivity index (χ3n) is 3.12. The van der Waals surface area contributed by atoms with Gasteiger partial charge in [0.15, 0.2) is 0 Å². The largest absolute Gasteiger partial charge is 0.464 e. The molecule has 0 rings (SSSR count). The molecule has 0 radical (unpaired) electrons. The van der Waals surface area contributed by atoms with E-state index in [4.69, 9.17) is 14.2 Å². The molecule has 28 heavy (non-hydrogen) atoms. The maximum Gasteiger partial charge on any atom is 0.420 e. The van der Waals surface area contributed by atoms with E-state index in [2.05, 4.69) is 0 Å². The SMILES string of the molecule is CC(C)COC(=O)[C@H](CCCC=O)N(C(=O)OC(C)(C)C)C(=O)OC(C)(C)C. The van der Waals surface area contributed by atoms with Crippen LogP contribution in [0.15, 0.2) is 0 Å². The van der Waals surface area contributed by atoms with Crippen molar-refractivity contribution in [2.45, 2.75) is 91.9 Å². The lowest BCUT2D eigenvalue weighted by Crippen LogP contribution is -2.52. The number of carbonyl (C=O) groups is 4. The molecule has 162 valence electrons.